The highest BCUT2D eigenvalue weighted by Crippen LogP contribution is 2.13. The molecule has 0 saturated heterocycles. The molecule has 0 radical (unpaired) electrons. The number of hydrogen-bond acceptors (Lipinski definition) is 4. The molecule has 0 spiro atoms. The predicted molar refractivity (Wildman–Crippen MR) is 63.1 cm³/mol. The van der Waals surface area contributed by atoms with Crippen LogP contribution < -0.4 is 4.74 Å². The fourth-order valence-electron chi connectivity index (χ4n) is 1.24. The van der Waals surface area contributed by atoms with E-state index in [1.807, 2.05) is 18.2 Å². The van der Waals surface area contributed by atoms with Crippen LogP contribution in [0.15, 0.2) is 55.4 Å². The molecule has 4 heteroatoms. The number of benzene rings is 1. The molecule has 17 heavy (non-hydrogen) atoms. The van der Waals surface area contributed by atoms with Crippen molar-refractivity contribution in [2.24, 2.45) is 0 Å². The molecule has 84 valence electrons. The number of carbonyl (C=O) groups excluding carboxylic acids is 1. The van der Waals surface area contributed by atoms with Gasteiger partial charge in [0.25, 0.3) is 0 Å². The standard InChI is InChI=1S/C13H10N2O2/c1-10(11-6-3-2-4-7-11)12(16)17-13-14-8-5-9-15-13/h2-9H,1H2. The third-order valence-corrected chi connectivity index (χ3v) is 2.09. The minimum absolute atomic E-state index is 0.0228. The molecular formula is C13H10N2O2. The number of ether oxygens (including phenoxy) is 1. The van der Waals surface area contributed by atoms with E-state index in [0.29, 0.717) is 5.56 Å². The largest absolute Gasteiger partial charge is 0.387 e. The summed E-state index contributed by atoms with van der Waals surface area (Å²) < 4.78 is 4.97. The van der Waals surface area contributed by atoms with Gasteiger partial charge in [-0.25, -0.2) is 14.8 Å². The molecule has 0 atom stereocenters. The second-order valence-electron chi connectivity index (χ2n) is 3.27. The van der Waals surface area contributed by atoms with Gasteiger partial charge in [0, 0.05) is 12.4 Å². The number of hydrogen-bond donors (Lipinski definition) is 0. The summed E-state index contributed by atoms with van der Waals surface area (Å²) >= 11 is 0. The smallest absolute Gasteiger partial charge is 0.345 e. The van der Waals surface area contributed by atoms with E-state index in [-0.39, 0.29) is 11.6 Å². The summed E-state index contributed by atoms with van der Waals surface area (Å²) in [6.07, 6.45) is 3.00. The van der Waals surface area contributed by atoms with Crippen molar-refractivity contribution in [1.82, 2.24) is 9.97 Å². The van der Waals surface area contributed by atoms with Crippen molar-refractivity contribution in [1.29, 1.82) is 0 Å². The Bertz CT molecular complexity index is 524. The average Bonchev–Trinajstić information content (AvgIpc) is 2.40. The van der Waals surface area contributed by atoms with E-state index in [2.05, 4.69) is 16.5 Å². The number of rotatable bonds is 3. The molecular weight excluding hydrogens is 216 g/mol. The van der Waals surface area contributed by atoms with E-state index in [1.54, 1.807) is 18.2 Å². The Morgan fingerprint density at radius 2 is 1.71 bits per heavy atom. The van der Waals surface area contributed by atoms with Crippen molar-refractivity contribution in [2.75, 3.05) is 0 Å². The fraction of sp³-hybridized carbons (Fsp3) is 0. The SMILES string of the molecule is C=C(C(=O)Oc1ncccn1)c1ccccc1. The summed E-state index contributed by atoms with van der Waals surface area (Å²) in [6.45, 7) is 3.69. The van der Waals surface area contributed by atoms with Gasteiger partial charge in [0.2, 0.25) is 0 Å². The van der Waals surface area contributed by atoms with Crippen LogP contribution in [0.2, 0.25) is 0 Å². The minimum atomic E-state index is -0.553. The summed E-state index contributed by atoms with van der Waals surface area (Å²) in [7, 11) is 0. The molecule has 0 aliphatic rings. The zero-order valence-corrected chi connectivity index (χ0v) is 9.04. The normalized spacial score (nSPS) is 9.65. The van der Waals surface area contributed by atoms with Crippen molar-refractivity contribution in [3.05, 3.63) is 60.9 Å². The Hall–Kier alpha value is -2.49. The Balaban J connectivity index is 2.09. The Morgan fingerprint density at radius 3 is 2.35 bits per heavy atom. The van der Waals surface area contributed by atoms with Crippen LogP contribution in [0.5, 0.6) is 6.01 Å². The maximum atomic E-state index is 11.7. The van der Waals surface area contributed by atoms with Crippen molar-refractivity contribution in [3.63, 3.8) is 0 Å². The summed E-state index contributed by atoms with van der Waals surface area (Å²) in [6, 6.07) is 10.8. The third-order valence-electron chi connectivity index (χ3n) is 2.09. The van der Waals surface area contributed by atoms with Crippen LogP contribution in [0, 0.1) is 0 Å². The zero-order chi connectivity index (χ0) is 12.1. The van der Waals surface area contributed by atoms with E-state index in [4.69, 9.17) is 4.74 Å². The highest BCUT2D eigenvalue weighted by Gasteiger charge is 2.12. The first kappa shape index (κ1) is 11.0. The number of aromatic nitrogens is 2. The van der Waals surface area contributed by atoms with Crippen LogP contribution in [0.25, 0.3) is 5.57 Å². The molecule has 0 fully saturated rings. The first-order chi connectivity index (χ1) is 8.27. The Morgan fingerprint density at radius 1 is 1.06 bits per heavy atom. The molecule has 4 nitrogen and oxygen atoms in total. The molecule has 0 N–H and O–H groups in total. The topological polar surface area (TPSA) is 52.1 Å². The van der Waals surface area contributed by atoms with Gasteiger partial charge in [-0.1, -0.05) is 36.9 Å². The number of esters is 1. The van der Waals surface area contributed by atoms with Gasteiger partial charge in [0.05, 0.1) is 5.57 Å². The van der Waals surface area contributed by atoms with Crippen LogP contribution in [0.3, 0.4) is 0 Å². The van der Waals surface area contributed by atoms with Gasteiger partial charge in [0.1, 0.15) is 0 Å². The lowest BCUT2D eigenvalue weighted by atomic mass is 10.1. The maximum Gasteiger partial charge on any atom is 0.345 e. The van der Waals surface area contributed by atoms with Crippen molar-refractivity contribution < 1.29 is 9.53 Å². The third kappa shape index (κ3) is 2.75. The second kappa shape index (κ2) is 5.03. The monoisotopic (exact) mass is 226 g/mol. The highest BCUT2D eigenvalue weighted by molar-refractivity contribution is 6.16. The van der Waals surface area contributed by atoms with Crippen molar-refractivity contribution in [3.8, 4) is 6.01 Å². The van der Waals surface area contributed by atoms with Gasteiger partial charge in [0.15, 0.2) is 0 Å². The van der Waals surface area contributed by atoms with Crippen LogP contribution >= 0.6 is 0 Å². The average molecular weight is 226 g/mol. The predicted octanol–water partition coefficient (Wildman–Crippen LogP) is 2.10. The molecule has 2 rings (SSSR count). The molecule has 1 aromatic heterocycles. The van der Waals surface area contributed by atoms with E-state index >= 15 is 0 Å². The summed E-state index contributed by atoms with van der Waals surface area (Å²) in [5, 5.41) is 0. The molecule has 0 unspecified atom stereocenters. The van der Waals surface area contributed by atoms with Gasteiger partial charge >= 0.3 is 12.0 Å². The van der Waals surface area contributed by atoms with Crippen LogP contribution in [-0.4, -0.2) is 15.9 Å². The van der Waals surface area contributed by atoms with Crippen LogP contribution in [0.4, 0.5) is 0 Å². The minimum Gasteiger partial charge on any atom is -0.387 e. The maximum absolute atomic E-state index is 11.7. The highest BCUT2D eigenvalue weighted by atomic mass is 16.5. The fourth-order valence-corrected chi connectivity index (χ4v) is 1.24. The lowest BCUT2D eigenvalue weighted by molar-refractivity contribution is -0.128. The quantitative estimate of drug-likeness (QED) is 0.594. The molecule has 0 aliphatic heterocycles. The Kier molecular flexibility index (Phi) is 3.25. The molecule has 1 heterocycles. The first-order valence-electron chi connectivity index (χ1n) is 5.01. The molecule has 1 aromatic carbocycles. The van der Waals surface area contributed by atoms with Crippen molar-refractivity contribution >= 4 is 11.5 Å². The van der Waals surface area contributed by atoms with E-state index in [0.717, 1.165) is 0 Å². The summed E-state index contributed by atoms with van der Waals surface area (Å²) in [5.41, 5.74) is 0.992. The lowest BCUT2D eigenvalue weighted by Crippen LogP contribution is -2.11. The summed E-state index contributed by atoms with van der Waals surface area (Å²) in [5.74, 6) is -0.553. The van der Waals surface area contributed by atoms with Gasteiger partial charge in [-0.05, 0) is 11.6 Å². The van der Waals surface area contributed by atoms with E-state index in [9.17, 15) is 4.79 Å². The molecule has 2 aromatic rings. The number of carbonyl (C=O) groups is 1. The Labute approximate surface area is 98.6 Å². The zero-order valence-electron chi connectivity index (χ0n) is 9.04. The van der Waals surface area contributed by atoms with Gasteiger partial charge in [-0.15, -0.1) is 0 Å². The molecule has 0 saturated carbocycles. The van der Waals surface area contributed by atoms with Gasteiger partial charge in [-0.3, -0.25) is 0 Å². The van der Waals surface area contributed by atoms with E-state index in [1.165, 1.54) is 12.4 Å². The molecule has 0 amide bonds. The van der Waals surface area contributed by atoms with Gasteiger partial charge in [-0.2, -0.15) is 0 Å². The van der Waals surface area contributed by atoms with E-state index < -0.39 is 5.97 Å². The number of nitrogens with zero attached hydrogens (tertiary/aromatic N) is 2. The first-order valence-corrected chi connectivity index (χ1v) is 5.01. The van der Waals surface area contributed by atoms with Crippen LogP contribution in [-0.2, 0) is 4.79 Å². The second-order valence-corrected chi connectivity index (χ2v) is 3.27. The molecule has 0 aliphatic carbocycles. The summed E-state index contributed by atoms with van der Waals surface area (Å²) in [4.78, 5) is 19.3. The lowest BCUT2D eigenvalue weighted by Gasteiger charge is -2.04. The van der Waals surface area contributed by atoms with Crippen LogP contribution in [0.1, 0.15) is 5.56 Å². The molecule has 0 bridgehead atoms. The van der Waals surface area contributed by atoms with Crippen molar-refractivity contribution in [2.45, 2.75) is 0 Å². The van der Waals surface area contributed by atoms with Gasteiger partial charge < -0.3 is 4.74 Å².